The molecule has 0 radical (unpaired) electrons. The molecule has 3 aromatic rings. The molecule has 27 heavy (non-hydrogen) atoms. The summed E-state index contributed by atoms with van der Waals surface area (Å²) in [6, 6.07) is 26.7. The van der Waals surface area contributed by atoms with Gasteiger partial charge in [0.2, 0.25) is 5.12 Å². The molecular formula is C24H24OS2. The molecule has 3 heteroatoms. The Bertz CT molecular complexity index is 890. The van der Waals surface area contributed by atoms with Crippen LogP contribution in [0.25, 0.3) is 11.1 Å². The largest absolute Gasteiger partial charge is 0.282 e. The van der Waals surface area contributed by atoms with Crippen LogP contribution in [0.3, 0.4) is 0 Å². The van der Waals surface area contributed by atoms with Gasteiger partial charge in [0.05, 0.1) is 0 Å². The zero-order chi connectivity index (χ0) is 19.1. The molecule has 0 bridgehead atoms. The van der Waals surface area contributed by atoms with Crippen molar-refractivity contribution in [2.24, 2.45) is 0 Å². The molecule has 1 atom stereocenters. The van der Waals surface area contributed by atoms with Crippen molar-refractivity contribution < 1.29 is 4.79 Å². The monoisotopic (exact) mass is 392 g/mol. The molecule has 0 fully saturated rings. The van der Waals surface area contributed by atoms with Crippen molar-refractivity contribution >= 4 is 29.5 Å². The van der Waals surface area contributed by atoms with Crippen molar-refractivity contribution in [3.8, 4) is 11.1 Å². The van der Waals surface area contributed by atoms with E-state index in [2.05, 4.69) is 48.5 Å². The van der Waals surface area contributed by atoms with Gasteiger partial charge in [-0.05, 0) is 46.9 Å². The fourth-order valence-corrected chi connectivity index (χ4v) is 4.14. The Kier molecular flexibility index (Phi) is 7.19. The third-order valence-corrected chi connectivity index (χ3v) is 5.93. The average Bonchev–Trinajstić information content (AvgIpc) is 2.73. The van der Waals surface area contributed by atoms with E-state index < -0.39 is 0 Å². The van der Waals surface area contributed by atoms with Crippen LogP contribution in [-0.4, -0.2) is 10.9 Å². The second kappa shape index (κ2) is 9.82. The molecule has 3 aromatic carbocycles. The molecule has 0 N–H and O–H groups in total. The number of aryl methyl sites for hydroxylation is 1. The number of carbonyl (C=O) groups excluding carboxylic acids is 1. The standard InChI is InChI=1S/C24H24OS2/c1-2-27-24(25)22-15-9-8-14-21(22)20-13-7-6-10-18(20)16-17-23(26)19-11-4-3-5-12-19/h3-15,23,26H,2,16-17H2,1H3. The Balaban J connectivity index is 1.86. The van der Waals surface area contributed by atoms with Crippen LogP contribution in [0.4, 0.5) is 0 Å². The van der Waals surface area contributed by atoms with Gasteiger partial charge in [-0.3, -0.25) is 4.79 Å². The highest BCUT2D eigenvalue weighted by Crippen LogP contribution is 2.32. The third kappa shape index (κ3) is 5.06. The van der Waals surface area contributed by atoms with E-state index in [-0.39, 0.29) is 10.4 Å². The average molecular weight is 393 g/mol. The van der Waals surface area contributed by atoms with Gasteiger partial charge in [-0.15, -0.1) is 0 Å². The SMILES string of the molecule is CCSC(=O)c1ccccc1-c1ccccc1CCC(S)c1ccccc1. The van der Waals surface area contributed by atoms with Gasteiger partial charge in [-0.2, -0.15) is 12.6 Å². The quantitative estimate of drug-likeness (QED) is 0.443. The van der Waals surface area contributed by atoms with E-state index >= 15 is 0 Å². The number of thioether (sulfide) groups is 1. The normalized spacial score (nSPS) is 11.9. The van der Waals surface area contributed by atoms with Crippen LogP contribution in [0.5, 0.6) is 0 Å². The van der Waals surface area contributed by atoms with Crippen molar-refractivity contribution in [2.75, 3.05) is 5.75 Å². The van der Waals surface area contributed by atoms with E-state index in [1.807, 2.05) is 37.3 Å². The third-order valence-electron chi connectivity index (χ3n) is 4.60. The summed E-state index contributed by atoms with van der Waals surface area (Å²) >= 11 is 6.16. The van der Waals surface area contributed by atoms with Gasteiger partial charge >= 0.3 is 0 Å². The molecule has 0 aliphatic heterocycles. The Morgan fingerprint density at radius 3 is 2.26 bits per heavy atom. The molecule has 1 nitrogen and oxygen atoms in total. The van der Waals surface area contributed by atoms with Gasteiger partial charge in [-0.25, -0.2) is 0 Å². The van der Waals surface area contributed by atoms with E-state index in [9.17, 15) is 4.79 Å². The van der Waals surface area contributed by atoms with E-state index in [0.29, 0.717) is 0 Å². The van der Waals surface area contributed by atoms with Gasteiger partial charge in [0, 0.05) is 10.8 Å². The fourth-order valence-electron chi connectivity index (χ4n) is 3.24. The number of hydrogen-bond donors (Lipinski definition) is 1. The predicted octanol–water partition coefficient (Wildman–Crippen LogP) is 6.85. The van der Waals surface area contributed by atoms with Gasteiger partial charge in [0.1, 0.15) is 0 Å². The summed E-state index contributed by atoms with van der Waals surface area (Å²) in [7, 11) is 0. The smallest absolute Gasteiger partial charge is 0.219 e. The molecule has 0 aliphatic rings. The lowest BCUT2D eigenvalue weighted by Gasteiger charge is -2.15. The summed E-state index contributed by atoms with van der Waals surface area (Å²) in [5, 5.41) is 0.339. The molecule has 0 spiro atoms. The van der Waals surface area contributed by atoms with Crippen molar-refractivity contribution in [1.82, 2.24) is 0 Å². The van der Waals surface area contributed by atoms with Gasteiger partial charge < -0.3 is 0 Å². The first-order valence-electron chi connectivity index (χ1n) is 9.28. The van der Waals surface area contributed by atoms with Crippen LogP contribution >= 0.6 is 24.4 Å². The lowest BCUT2D eigenvalue weighted by Crippen LogP contribution is -2.00. The second-order valence-corrected chi connectivity index (χ2v) is 8.25. The highest BCUT2D eigenvalue weighted by molar-refractivity contribution is 8.14. The highest BCUT2D eigenvalue weighted by Gasteiger charge is 2.15. The molecule has 0 saturated carbocycles. The second-order valence-electron chi connectivity index (χ2n) is 6.39. The van der Waals surface area contributed by atoms with Crippen LogP contribution in [0.15, 0.2) is 78.9 Å². The lowest BCUT2D eigenvalue weighted by molar-refractivity contribution is 0.108. The van der Waals surface area contributed by atoms with E-state index in [4.69, 9.17) is 12.6 Å². The highest BCUT2D eigenvalue weighted by atomic mass is 32.2. The van der Waals surface area contributed by atoms with Crippen molar-refractivity contribution in [3.05, 3.63) is 95.6 Å². The topological polar surface area (TPSA) is 17.1 Å². The Morgan fingerprint density at radius 1 is 0.889 bits per heavy atom. The fraction of sp³-hybridized carbons (Fsp3) is 0.208. The number of benzene rings is 3. The predicted molar refractivity (Wildman–Crippen MR) is 121 cm³/mol. The number of thiol groups is 1. The summed E-state index contributed by atoms with van der Waals surface area (Å²) in [4.78, 5) is 12.6. The molecule has 3 rings (SSSR count). The first kappa shape index (κ1) is 19.8. The van der Waals surface area contributed by atoms with Crippen molar-refractivity contribution in [1.29, 1.82) is 0 Å². The summed E-state index contributed by atoms with van der Waals surface area (Å²) in [6.07, 6.45) is 1.87. The van der Waals surface area contributed by atoms with Crippen LogP contribution in [0, 0.1) is 0 Å². The van der Waals surface area contributed by atoms with Crippen LogP contribution in [0.1, 0.15) is 40.1 Å². The van der Waals surface area contributed by atoms with Gasteiger partial charge in [-0.1, -0.05) is 91.5 Å². The zero-order valence-electron chi connectivity index (χ0n) is 15.5. The van der Waals surface area contributed by atoms with Crippen molar-refractivity contribution in [3.63, 3.8) is 0 Å². The maximum absolute atomic E-state index is 12.6. The minimum Gasteiger partial charge on any atom is -0.282 e. The molecule has 138 valence electrons. The van der Waals surface area contributed by atoms with E-state index in [1.165, 1.54) is 22.9 Å². The number of carbonyl (C=O) groups is 1. The first-order chi connectivity index (χ1) is 13.2. The van der Waals surface area contributed by atoms with Crippen molar-refractivity contribution in [2.45, 2.75) is 25.0 Å². The first-order valence-corrected chi connectivity index (χ1v) is 10.8. The molecule has 0 heterocycles. The summed E-state index contributed by atoms with van der Waals surface area (Å²) < 4.78 is 0. The van der Waals surface area contributed by atoms with Gasteiger partial charge in [0.25, 0.3) is 0 Å². The molecule has 0 amide bonds. The number of rotatable bonds is 7. The maximum atomic E-state index is 12.6. The van der Waals surface area contributed by atoms with E-state index in [1.54, 1.807) is 0 Å². The van der Waals surface area contributed by atoms with Crippen LogP contribution in [0.2, 0.25) is 0 Å². The Morgan fingerprint density at radius 2 is 1.52 bits per heavy atom. The number of hydrogen-bond acceptors (Lipinski definition) is 3. The molecule has 0 aromatic heterocycles. The van der Waals surface area contributed by atoms with Crippen LogP contribution < -0.4 is 0 Å². The molecule has 0 saturated heterocycles. The Hall–Kier alpha value is -1.97. The lowest BCUT2D eigenvalue weighted by atomic mass is 9.92. The van der Waals surface area contributed by atoms with E-state index in [0.717, 1.165) is 35.3 Å². The molecular weight excluding hydrogens is 368 g/mol. The van der Waals surface area contributed by atoms with Gasteiger partial charge in [0.15, 0.2) is 0 Å². The zero-order valence-corrected chi connectivity index (χ0v) is 17.2. The van der Waals surface area contributed by atoms with Crippen LogP contribution in [-0.2, 0) is 6.42 Å². The Labute approximate surface area is 171 Å². The minimum atomic E-state index is 0.138. The summed E-state index contributed by atoms with van der Waals surface area (Å²) in [5.41, 5.74) is 5.46. The molecule has 1 unspecified atom stereocenters. The maximum Gasteiger partial charge on any atom is 0.219 e. The summed E-state index contributed by atoms with van der Waals surface area (Å²) in [5.74, 6) is 0.785. The minimum absolute atomic E-state index is 0.138. The summed E-state index contributed by atoms with van der Waals surface area (Å²) in [6.45, 7) is 2.01. The molecule has 0 aliphatic carbocycles.